The monoisotopic (exact) mass is 337 g/mol. The molecule has 0 spiro atoms. The minimum absolute atomic E-state index is 0.0309. The standard InChI is InChI=1S/C21H27N3O/c1-15(2)18-10-9-17-7-4-8-20(19(17)12-18)23-21(25)24(3)14-16-6-5-11-22-13-16/h5-6,9-13,15,20H,4,7-8,14H2,1-3H3,(H,23,25)/t20-/m1/s1. The summed E-state index contributed by atoms with van der Waals surface area (Å²) in [7, 11) is 1.83. The summed E-state index contributed by atoms with van der Waals surface area (Å²) in [6.07, 6.45) is 6.77. The van der Waals surface area contributed by atoms with Crippen LogP contribution in [0.2, 0.25) is 0 Å². The Morgan fingerprint density at radius 1 is 1.36 bits per heavy atom. The molecule has 4 heteroatoms. The quantitative estimate of drug-likeness (QED) is 0.897. The highest BCUT2D eigenvalue weighted by molar-refractivity contribution is 5.74. The van der Waals surface area contributed by atoms with Crippen LogP contribution < -0.4 is 5.32 Å². The second kappa shape index (κ2) is 7.68. The van der Waals surface area contributed by atoms with Crippen molar-refractivity contribution in [1.82, 2.24) is 15.2 Å². The van der Waals surface area contributed by atoms with Crippen LogP contribution in [-0.4, -0.2) is 23.0 Å². The molecule has 1 heterocycles. The second-order valence-electron chi connectivity index (χ2n) is 7.22. The first-order valence-corrected chi connectivity index (χ1v) is 9.08. The van der Waals surface area contributed by atoms with E-state index in [-0.39, 0.29) is 12.1 Å². The molecular weight excluding hydrogens is 310 g/mol. The molecule has 1 aromatic carbocycles. The molecule has 0 saturated heterocycles. The van der Waals surface area contributed by atoms with Crippen molar-refractivity contribution in [2.75, 3.05) is 7.05 Å². The molecule has 1 N–H and O–H groups in total. The van der Waals surface area contributed by atoms with E-state index in [0.29, 0.717) is 12.5 Å². The van der Waals surface area contributed by atoms with E-state index in [1.54, 1.807) is 17.3 Å². The number of rotatable bonds is 4. The number of hydrogen-bond acceptors (Lipinski definition) is 2. The molecule has 0 aliphatic heterocycles. The Hall–Kier alpha value is -2.36. The number of nitrogens with zero attached hydrogens (tertiary/aromatic N) is 2. The van der Waals surface area contributed by atoms with Crippen molar-refractivity contribution in [2.24, 2.45) is 0 Å². The number of carbonyl (C=O) groups excluding carboxylic acids is 1. The Balaban J connectivity index is 1.71. The summed E-state index contributed by atoms with van der Waals surface area (Å²) in [6.45, 7) is 4.98. The number of aromatic nitrogens is 1. The van der Waals surface area contributed by atoms with Crippen LogP contribution in [0, 0.1) is 0 Å². The summed E-state index contributed by atoms with van der Waals surface area (Å²) in [5.41, 5.74) is 5.03. The van der Waals surface area contributed by atoms with Crippen molar-refractivity contribution >= 4 is 6.03 Å². The first-order chi connectivity index (χ1) is 12.0. The summed E-state index contributed by atoms with van der Waals surface area (Å²) in [4.78, 5) is 18.5. The van der Waals surface area contributed by atoms with Gasteiger partial charge in [-0.2, -0.15) is 0 Å². The second-order valence-corrected chi connectivity index (χ2v) is 7.22. The molecule has 3 rings (SSSR count). The predicted octanol–water partition coefficient (Wildman–Crippen LogP) is 4.42. The van der Waals surface area contributed by atoms with Gasteiger partial charge in [0.25, 0.3) is 0 Å². The van der Waals surface area contributed by atoms with Crippen molar-refractivity contribution in [3.8, 4) is 0 Å². The van der Waals surface area contributed by atoms with Gasteiger partial charge in [0.05, 0.1) is 6.04 Å². The Kier molecular flexibility index (Phi) is 5.37. The number of fused-ring (bicyclic) bond motifs is 1. The minimum atomic E-state index is -0.0309. The van der Waals surface area contributed by atoms with E-state index >= 15 is 0 Å². The summed E-state index contributed by atoms with van der Waals surface area (Å²) >= 11 is 0. The van der Waals surface area contributed by atoms with E-state index in [1.807, 2.05) is 19.2 Å². The van der Waals surface area contributed by atoms with E-state index in [0.717, 1.165) is 24.8 Å². The molecule has 25 heavy (non-hydrogen) atoms. The fourth-order valence-electron chi connectivity index (χ4n) is 3.42. The third kappa shape index (κ3) is 4.19. The van der Waals surface area contributed by atoms with Crippen LogP contribution >= 0.6 is 0 Å². The van der Waals surface area contributed by atoms with Gasteiger partial charge in [-0.25, -0.2) is 4.79 Å². The molecule has 1 atom stereocenters. The van der Waals surface area contributed by atoms with Crippen LogP contribution in [-0.2, 0) is 13.0 Å². The molecule has 0 saturated carbocycles. The van der Waals surface area contributed by atoms with Crippen molar-refractivity contribution in [2.45, 2.75) is 51.6 Å². The van der Waals surface area contributed by atoms with E-state index in [2.05, 4.69) is 42.3 Å². The predicted molar refractivity (Wildman–Crippen MR) is 100 cm³/mol. The van der Waals surface area contributed by atoms with Crippen LogP contribution in [0.1, 0.15) is 60.9 Å². The number of hydrogen-bond donors (Lipinski definition) is 1. The third-order valence-electron chi connectivity index (χ3n) is 4.94. The number of carbonyl (C=O) groups is 1. The average molecular weight is 337 g/mol. The molecule has 132 valence electrons. The van der Waals surface area contributed by atoms with Crippen LogP contribution in [0.4, 0.5) is 4.79 Å². The zero-order valence-electron chi connectivity index (χ0n) is 15.3. The summed E-state index contributed by atoms with van der Waals surface area (Å²) in [5.74, 6) is 0.497. The molecule has 0 radical (unpaired) electrons. The highest BCUT2D eigenvalue weighted by Gasteiger charge is 2.23. The molecule has 4 nitrogen and oxygen atoms in total. The lowest BCUT2D eigenvalue weighted by Crippen LogP contribution is -2.40. The summed E-state index contributed by atoms with van der Waals surface area (Å²) in [6, 6.07) is 10.7. The molecule has 2 aromatic rings. The van der Waals surface area contributed by atoms with Crippen molar-refractivity contribution in [3.05, 3.63) is 65.0 Å². The van der Waals surface area contributed by atoms with E-state index < -0.39 is 0 Å². The molecule has 2 amide bonds. The highest BCUT2D eigenvalue weighted by atomic mass is 16.2. The number of nitrogens with one attached hydrogen (secondary N) is 1. The first kappa shape index (κ1) is 17.5. The van der Waals surface area contributed by atoms with Crippen LogP contribution in [0.3, 0.4) is 0 Å². The number of amides is 2. The van der Waals surface area contributed by atoms with Crippen LogP contribution in [0.5, 0.6) is 0 Å². The van der Waals surface area contributed by atoms with Gasteiger partial charge in [-0.1, -0.05) is 38.1 Å². The van der Waals surface area contributed by atoms with Gasteiger partial charge in [0.1, 0.15) is 0 Å². The van der Waals surface area contributed by atoms with Crippen LogP contribution in [0.15, 0.2) is 42.7 Å². The number of aryl methyl sites for hydroxylation is 1. The maximum absolute atomic E-state index is 12.6. The number of urea groups is 1. The van der Waals surface area contributed by atoms with E-state index in [9.17, 15) is 4.79 Å². The zero-order chi connectivity index (χ0) is 17.8. The van der Waals surface area contributed by atoms with Gasteiger partial charge in [0, 0.05) is 26.0 Å². The topological polar surface area (TPSA) is 45.2 Å². The van der Waals surface area contributed by atoms with E-state index in [1.165, 1.54) is 16.7 Å². The molecule has 1 aliphatic carbocycles. The average Bonchev–Trinajstić information content (AvgIpc) is 2.62. The Morgan fingerprint density at radius 2 is 2.20 bits per heavy atom. The maximum Gasteiger partial charge on any atom is 0.317 e. The Labute approximate surface area is 150 Å². The molecule has 0 fully saturated rings. The Morgan fingerprint density at radius 3 is 2.92 bits per heavy atom. The van der Waals surface area contributed by atoms with Crippen molar-refractivity contribution in [3.63, 3.8) is 0 Å². The first-order valence-electron chi connectivity index (χ1n) is 9.08. The molecule has 0 bridgehead atoms. The lowest BCUT2D eigenvalue weighted by atomic mass is 9.85. The molecule has 1 aromatic heterocycles. The normalized spacial score (nSPS) is 16.4. The highest BCUT2D eigenvalue weighted by Crippen LogP contribution is 2.32. The lowest BCUT2D eigenvalue weighted by molar-refractivity contribution is 0.201. The van der Waals surface area contributed by atoms with Crippen molar-refractivity contribution < 1.29 is 4.79 Å². The van der Waals surface area contributed by atoms with Crippen molar-refractivity contribution in [1.29, 1.82) is 0 Å². The minimum Gasteiger partial charge on any atom is -0.331 e. The summed E-state index contributed by atoms with van der Waals surface area (Å²) < 4.78 is 0. The third-order valence-corrected chi connectivity index (χ3v) is 4.94. The van der Waals surface area contributed by atoms with Gasteiger partial charge in [0.15, 0.2) is 0 Å². The fraction of sp³-hybridized carbons (Fsp3) is 0.429. The van der Waals surface area contributed by atoms with Crippen LogP contribution in [0.25, 0.3) is 0 Å². The van der Waals surface area contributed by atoms with Gasteiger partial charge < -0.3 is 10.2 Å². The molecule has 1 aliphatic rings. The fourth-order valence-corrected chi connectivity index (χ4v) is 3.42. The van der Waals surface area contributed by atoms with Gasteiger partial charge in [-0.05, 0) is 53.5 Å². The van der Waals surface area contributed by atoms with E-state index in [4.69, 9.17) is 0 Å². The molecule has 0 unspecified atom stereocenters. The summed E-state index contributed by atoms with van der Waals surface area (Å²) in [5, 5.41) is 3.23. The number of benzene rings is 1. The van der Waals surface area contributed by atoms with Gasteiger partial charge in [-0.3, -0.25) is 4.98 Å². The SMILES string of the molecule is CC(C)c1ccc2c(c1)[C@H](NC(=O)N(C)Cc1cccnc1)CCC2. The maximum atomic E-state index is 12.6. The smallest absolute Gasteiger partial charge is 0.317 e. The molecular formula is C21H27N3O. The van der Waals surface area contributed by atoms with Gasteiger partial charge in [-0.15, -0.1) is 0 Å². The lowest BCUT2D eigenvalue weighted by Gasteiger charge is -2.29. The number of pyridine rings is 1. The largest absolute Gasteiger partial charge is 0.331 e. The Bertz CT molecular complexity index is 727. The van der Waals surface area contributed by atoms with Gasteiger partial charge >= 0.3 is 6.03 Å². The zero-order valence-corrected chi connectivity index (χ0v) is 15.3. The van der Waals surface area contributed by atoms with Gasteiger partial charge in [0.2, 0.25) is 0 Å².